The number of carbonyl (C=O) groups excluding carboxylic acids is 1. The van der Waals surface area contributed by atoms with E-state index in [0.717, 1.165) is 32.5 Å². The Hall–Kier alpha value is -1.25. The molecule has 5 heteroatoms. The lowest BCUT2D eigenvalue weighted by Gasteiger charge is -2.31. The number of nitrogens with one attached hydrogen (secondary N) is 1. The van der Waals surface area contributed by atoms with Crippen molar-refractivity contribution in [1.82, 2.24) is 10.2 Å². The number of primary amides is 1. The van der Waals surface area contributed by atoms with Gasteiger partial charge in [0.1, 0.15) is 6.61 Å². The first kappa shape index (κ1) is 12.8. The van der Waals surface area contributed by atoms with Gasteiger partial charge in [0.05, 0.1) is 6.54 Å². The maximum absolute atomic E-state index is 10.3. The number of carbonyl (C=O) groups is 1. The molecule has 1 fully saturated rings. The van der Waals surface area contributed by atoms with Crippen LogP contribution in [0.5, 0.6) is 0 Å². The molecule has 0 unspecified atom stereocenters. The molecule has 0 saturated carbocycles. The average Bonchev–Trinajstić information content (AvgIpc) is 2.27. The smallest absolute Gasteiger partial charge is 0.404 e. The number of amides is 1. The van der Waals surface area contributed by atoms with Gasteiger partial charge in [-0.25, -0.2) is 4.79 Å². The number of hydrogen-bond donors (Lipinski definition) is 2. The van der Waals surface area contributed by atoms with E-state index in [1.54, 1.807) is 0 Å². The number of hydrogen-bond acceptors (Lipinski definition) is 4. The van der Waals surface area contributed by atoms with Gasteiger partial charge in [0.15, 0.2) is 0 Å². The number of ether oxygens (including phenoxy) is 1. The molecule has 1 saturated heterocycles. The van der Waals surface area contributed by atoms with Gasteiger partial charge in [0.25, 0.3) is 0 Å². The monoisotopic (exact) mass is 225 g/mol. The third-order valence-electron chi connectivity index (χ3n) is 2.68. The second-order valence-corrected chi connectivity index (χ2v) is 3.88. The minimum absolute atomic E-state index is 0.333. The van der Waals surface area contributed by atoms with Crippen molar-refractivity contribution in [3.63, 3.8) is 0 Å². The summed E-state index contributed by atoms with van der Waals surface area (Å²) in [4.78, 5) is 12.6. The Morgan fingerprint density at radius 3 is 2.81 bits per heavy atom. The summed E-state index contributed by atoms with van der Waals surface area (Å²) in [6.45, 7) is 3.78. The number of nitrogens with two attached hydrogens (primary N) is 1. The molecule has 1 heterocycles. The molecule has 1 amide bonds. The van der Waals surface area contributed by atoms with Crippen molar-refractivity contribution in [1.29, 1.82) is 0 Å². The molecule has 1 rings (SSSR count). The zero-order valence-electron chi connectivity index (χ0n) is 9.45. The molecule has 90 valence electrons. The Balaban J connectivity index is 2.04. The highest BCUT2D eigenvalue weighted by atomic mass is 16.5. The molecule has 0 aliphatic carbocycles. The fourth-order valence-electron chi connectivity index (χ4n) is 1.84. The topological polar surface area (TPSA) is 67.6 Å². The van der Waals surface area contributed by atoms with Gasteiger partial charge in [-0.1, -0.05) is 5.92 Å². The van der Waals surface area contributed by atoms with E-state index in [4.69, 9.17) is 12.2 Å². The van der Waals surface area contributed by atoms with Crippen molar-refractivity contribution >= 4 is 6.09 Å². The van der Waals surface area contributed by atoms with Crippen LogP contribution in [0.3, 0.4) is 0 Å². The summed E-state index contributed by atoms with van der Waals surface area (Å²) in [6.07, 6.45) is 6.70. The van der Waals surface area contributed by atoms with Gasteiger partial charge in [0, 0.05) is 25.7 Å². The fourth-order valence-corrected chi connectivity index (χ4v) is 1.84. The number of terminal acetylenes is 1. The summed E-state index contributed by atoms with van der Waals surface area (Å²) >= 11 is 0. The molecule has 5 nitrogen and oxygen atoms in total. The molecule has 0 spiro atoms. The number of likely N-dealkylation sites (tertiary alicyclic amines) is 1. The van der Waals surface area contributed by atoms with E-state index in [1.807, 2.05) is 0 Å². The van der Waals surface area contributed by atoms with E-state index in [1.165, 1.54) is 0 Å². The van der Waals surface area contributed by atoms with Gasteiger partial charge < -0.3 is 15.8 Å². The maximum Gasteiger partial charge on any atom is 0.404 e. The highest BCUT2D eigenvalue weighted by molar-refractivity contribution is 5.64. The zero-order valence-corrected chi connectivity index (χ0v) is 9.45. The summed E-state index contributed by atoms with van der Waals surface area (Å²) in [6, 6.07) is 0.491. The Morgan fingerprint density at radius 1 is 1.56 bits per heavy atom. The first-order valence-electron chi connectivity index (χ1n) is 5.54. The molecule has 0 atom stereocenters. The highest BCUT2D eigenvalue weighted by Gasteiger charge is 2.17. The molecule has 0 aromatic heterocycles. The van der Waals surface area contributed by atoms with E-state index in [-0.39, 0.29) is 0 Å². The summed E-state index contributed by atoms with van der Waals surface area (Å²) in [5, 5.41) is 3.33. The van der Waals surface area contributed by atoms with Crippen molar-refractivity contribution < 1.29 is 9.53 Å². The highest BCUT2D eigenvalue weighted by Crippen LogP contribution is 2.09. The predicted molar refractivity (Wildman–Crippen MR) is 61.8 cm³/mol. The van der Waals surface area contributed by atoms with Crippen LogP contribution < -0.4 is 11.1 Å². The van der Waals surface area contributed by atoms with Crippen LogP contribution in [0, 0.1) is 12.3 Å². The molecule has 0 aromatic carbocycles. The lowest BCUT2D eigenvalue weighted by Crippen LogP contribution is -2.43. The van der Waals surface area contributed by atoms with Crippen LogP contribution in [0.15, 0.2) is 0 Å². The van der Waals surface area contributed by atoms with Crippen LogP contribution in [0.4, 0.5) is 4.79 Å². The van der Waals surface area contributed by atoms with Gasteiger partial charge in [0.2, 0.25) is 0 Å². The van der Waals surface area contributed by atoms with Crippen molar-refractivity contribution in [3.05, 3.63) is 0 Å². The molecule has 3 N–H and O–H groups in total. The largest absolute Gasteiger partial charge is 0.448 e. The predicted octanol–water partition coefficient (Wildman–Crippen LogP) is -0.231. The Kier molecular flexibility index (Phi) is 5.68. The lowest BCUT2D eigenvalue weighted by molar-refractivity contribution is 0.152. The van der Waals surface area contributed by atoms with Gasteiger partial charge in [-0.3, -0.25) is 4.90 Å². The molecule has 1 aliphatic heterocycles. The second kappa shape index (κ2) is 7.09. The van der Waals surface area contributed by atoms with Crippen molar-refractivity contribution in [2.75, 3.05) is 32.8 Å². The van der Waals surface area contributed by atoms with Crippen LogP contribution >= 0.6 is 0 Å². The molecule has 1 aliphatic rings. The number of rotatable bonds is 5. The zero-order chi connectivity index (χ0) is 11.8. The third kappa shape index (κ3) is 5.01. The van der Waals surface area contributed by atoms with Crippen molar-refractivity contribution in [2.24, 2.45) is 5.73 Å². The van der Waals surface area contributed by atoms with Crippen molar-refractivity contribution in [3.8, 4) is 12.3 Å². The standard InChI is InChI=1S/C11H19N3O2/c1-2-6-14-7-3-10(4-8-14)13-5-9-16-11(12)15/h1,10,13H,3-9H2,(H2,12,15). The third-order valence-corrected chi connectivity index (χ3v) is 2.68. The first-order valence-corrected chi connectivity index (χ1v) is 5.54. The Bertz CT molecular complexity index is 254. The van der Waals surface area contributed by atoms with E-state index in [2.05, 4.69) is 20.9 Å². The normalized spacial score (nSPS) is 17.9. The fraction of sp³-hybridized carbons (Fsp3) is 0.727. The quantitative estimate of drug-likeness (QED) is 0.501. The average molecular weight is 225 g/mol. The van der Waals surface area contributed by atoms with E-state index in [9.17, 15) is 4.79 Å². The molecule has 0 radical (unpaired) electrons. The molecule has 0 aromatic rings. The lowest BCUT2D eigenvalue weighted by atomic mass is 10.1. The molecule has 16 heavy (non-hydrogen) atoms. The summed E-state index contributed by atoms with van der Waals surface area (Å²) in [7, 11) is 0. The van der Waals surface area contributed by atoms with Gasteiger partial charge in [-0.15, -0.1) is 6.42 Å². The molecular formula is C11H19N3O2. The van der Waals surface area contributed by atoms with Crippen LogP contribution in [0.2, 0.25) is 0 Å². The van der Waals surface area contributed by atoms with Crippen molar-refractivity contribution in [2.45, 2.75) is 18.9 Å². The van der Waals surface area contributed by atoms with Crippen LogP contribution in [-0.4, -0.2) is 49.8 Å². The Labute approximate surface area is 96.3 Å². The van der Waals surface area contributed by atoms with Crippen LogP contribution in [0.1, 0.15) is 12.8 Å². The summed E-state index contributed by atoms with van der Waals surface area (Å²) < 4.78 is 4.63. The second-order valence-electron chi connectivity index (χ2n) is 3.88. The summed E-state index contributed by atoms with van der Waals surface area (Å²) in [5.74, 6) is 2.65. The van der Waals surface area contributed by atoms with Gasteiger partial charge >= 0.3 is 6.09 Å². The molecular weight excluding hydrogens is 206 g/mol. The molecule has 0 bridgehead atoms. The van der Waals surface area contributed by atoms with E-state index in [0.29, 0.717) is 19.2 Å². The number of piperidine rings is 1. The van der Waals surface area contributed by atoms with Gasteiger partial charge in [-0.2, -0.15) is 0 Å². The Morgan fingerprint density at radius 2 is 2.25 bits per heavy atom. The van der Waals surface area contributed by atoms with E-state index < -0.39 is 6.09 Å². The van der Waals surface area contributed by atoms with Crippen LogP contribution in [0.25, 0.3) is 0 Å². The minimum Gasteiger partial charge on any atom is -0.448 e. The van der Waals surface area contributed by atoms with Crippen LogP contribution in [-0.2, 0) is 4.74 Å². The number of nitrogens with zero attached hydrogens (tertiary/aromatic N) is 1. The summed E-state index contributed by atoms with van der Waals surface area (Å²) in [5.41, 5.74) is 4.85. The minimum atomic E-state index is -0.717. The van der Waals surface area contributed by atoms with Gasteiger partial charge in [-0.05, 0) is 12.8 Å². The van der Waals surface area contributed by atoms with E-state index >= 15 is 0 Å². The first-order chi connectivity index (χ1) is 7.72. The maximum atomic E-state index is 10.3. The SMILES string of the molecule is C#CCN1CCC(NCCOC(N)=O)CC1.